The van der Waals surface area contributed by atoms with Crippen molar-refractivity contribution >= 4 is 11.9 Å². The van der Waals surface area contributed by atoms with Crippen molar-refractivity contribution in [2.45, 2.75) is 219 Å². The molecule has 0 saturated carbocycles. The molecule has 0 bridgehead atoms. The van der Waals surface area contributed by atoms with Gasteiger partial charge < -0.3 is 20.3 Å². The molecular formula is C51H87NO5. The van der Waals surface area contributed by atoms with E-state index in [0.717, 1.165) is 83.5 Å². The highest BCUT2D eigenvalue weighted by molar-refractivity contribution is 5.77. The zero-order valence-electron chi connectivity index (χ0n) is 36.9. The van der Waals surface area contributed by atoms with E-state index >= 15 is 0 Å². The van der Waals surface area contributed by atoms with E-state index < -0.39 is 18.2 Å². The first-order valence-electron chi connectivity index (χ1n) is 23.4. The Morgan fingerprint density at radius 2 is 0.947 bits per heavy atom. The number of rotatable bonds is 40. The third-order valence-corrected chi connectivity index (χ3v) is 10.1. The molecule has 0 heterocycles. The molecule has 0 aliphatic rings. The summed E-state index contributed by atoms with van der Waals surface area (Å²) in [6.07, 6.45) is 56.4. The molecule has 0 fully saturated rings. The van der Waals surface area contributed by atoms with Gasteiger partial charge in [-0.3, -0.25) is 9.59 Å². The molecule has 0 aromatic heterocycles. The van der Waals surface area contributed by atoms with Crippen LogP contribution in [0.1, 0.15) is 201 Å². The van der Waals surface area contributed by atoms with Gasteiger partial charge in [-0.15, -0.1) is 0 Å². The van der Waals surface area contributed by atoms with Crippen LogP contribution in [0, 0.1) is 0 Å². The van der Waals surface area contributed by atoms with Gasteiger partial charge in [0.1, 0.15) is 6.10 Å². The number of ether oxygens (including phenoxy) is 1. The lowest BCUT2D eigenvalue weighted by atomic mass is 10.0. The Bertz CT molecular complexity index is 1120. The lowest BCUT2D eigenvalue weighted by Crippen LogP contribution is -2.46. The fourth-order valence-electron chi connectivity index (χ4n) is 6.62. The average molecular weight is 794 g/mol. The van der Waals surface area contributed by atoms with Crippen LogP contribution in [-0.4, -0.2) is 46.9 Å². The van der Waals surface area contributed by atoms with Crippen molar-refractivity contribution in [3.8, 4) is 0 Å². The van der Waals surface area contributed by atoms with E-state index in [1.165, 1.54) is 70.6 Å². The van der Waals surface area contributed by atoms with Crippen LogP contribution in [-0.2, 0) is 14.3 Å². The maximum Gasteiger partial charge on any atom is 0.306 e. The van der Waals surface area contributed by atoms with E-state index in [2.05, 4.69) is 80.8 Å². The molecule has 6 nitrogen and oxygen atoms in total. The summed E-state index contributed by atoms with van der Waals surface area (Å²) in [6.45, 7) is 6.17. The fourth-order valence-corrected chi connectivity index (χ4v) is 6.62. The molecule has 0 radical (unpaired) electrons. The van der Waals surface area contributed by atoms with Crippen LogP contribution in [0.3, 0.4) is 0 Å². The summed E-state index contributed by atoms with van der Waals surface area (Å²) >= 11 is 0. The van der Waals surface area contributed by atoms with Crippen molar-refractivity contribution < 1.29 is 24.5 Å². The predicted octanol–water partition coefficient (Wildman–Crippen LogP) is 13.6. The molecule has 3 unspecified atom stereocenters. The van der Waals surface area contributed by atoms with Crippen LogP contribution in [0.2, 0.25) is 0 Å². The van der Waals surface area contributed by atoms with E-state index in [4.69, 9.17) is 4.74 Å². The third kappa shape index (κ3) is 39.6. The Balaban J connectivity index is 4.70. The summed E-state index contributed by atoms with van der Waals surface area (Å²) < 4.78 is 5.89. The highest BCUT2D eigenvalue weighted by Gasteiger charge is 2.24. The van der Waals surface area contributed by atoms with Crippen LogP contribution < -0.4 is 5.32 Å². The number of nitrogens with one attached hydrogen (secondary N) is 1. The van der Waals surface area contributed by atoms with Gasteiger partial charge in [0.2, 0.25) is 5.91 Å². The average Bonchev–Trinajstić information content (AvgIpc) is 3.20. The van der Waals surface area contributed by atoms with Gasteiger partial charge in [-0.2, -0.15) is 0 Å². The largest absolute Gasteiger partial charge is 0.462 e. The Morgan fingerprint density at radius 1 is 0.526 bits per heavy atom. The Kier molecular flexibility index (Phi) is 41.9. The number of aliphatic hydroxyl groups excluding tert-OH is 2. The minimum Gasteiger partial charge on any atom is -0.462 e. The van der Waals surface area contributed by atoms with Gasteiger partial charge in [0.15, 0.2) is 0 Å². The molecule has 0 aliphatic heterocycles. The number of carbonyl (C=O) groups is 2. The quantitative estimate of drug-likeness (QED) is 0.0326. The topological polar surface area (TPSA) is 95.9 Å². The lowest BCUT2D eigenvalue weighted by molar-refractivity contribution is -0.151. The van der Waals surface area contributed by atoms with E-state index in [9.17, 15) is 19.8 Å². The highest BCUT2D eigenvalue weighted by Crippen LogP contribution is 2.17. The predicted molar refractivity (Wildman–Crippen MR) is 245 cm³/mol. The standard InChI is InChI=1S/C51H87NO5/c1-4-7-10-13-16-19-22-24-25-27-29-32-35-38-41-44-51(56)57-47(42-39-36-33-30-28-26-23-20-17-14-11-8-5-2)45-50(55)52-48(46-53)49(54)43-40-37-34-31-21-18-15-12-9-6-3/h7-8,10-11,13-14,16-17,19-20,22-23,26,28,47-49,53-54H,4-6,9,12,15,18,21,24-25,27,29-46H2,1-3H3,(H,52,55)/b10-7+,11-8+,16-13+,17-14+,22-19+,23-20+,28-26-. The zero-order valence-corrected chi connectivity index (χ0v) is 36.9. The van der Waals surface area contributed by atoms with Crippen LogP contribution in [0.5, 0.6) is 0 Å². The lowest BCUT2D eigenvalue weighted by Gasteiger charge is -2.24. The highest BCUT2D eigenvalue weighted by atomic mass is 16.5. The minimum absolute atomic E-state index is 0.0419. The van der Waals surface area contributed by atoms with Crippen LogP contribution >= 0.6 is 0 Å². The molecule has 0 aliphatic carbocycles. The summed E-state index contributed by atoms with van der Waals surface area (Å²) in [5.41, 5.74) is 0. The van der Waals surface area contributed by atoms with Gasteiger partial charge in [-0.05, 0) is 64.2 Å². The van der Waals surface area contributed by atoms with Crippen molar-refractivity contribution in [1.82, 2.24) is 5.32 Å². The van der Waals surface area contributed by atoms with Gasteiger partial charge in [-0.25, -0.2) is 0 Å². The first-order chi connectivity index (χ1) is 28.0. The summed E-state index contributed by atoms with van der Waals surface area (Å²) in [7, 11) is 0. The summed E-state index contributed by atoms with van der Waals surface area (Å²) in [4.78, 5) is 26.0. The normalized spacial score (nSPS) is 14.1. The molecular weight excluding hydrogens is 707 g/mol. The van der Waals surface area contributed by atoms with Crippen molar-refractivity contribution in [1.29, 1.82) is 0 Å². The maximum absolute atomic E-state index is 13.1. The SMILES string of the molecule is CC/C=C/C=C/C=C/C=C\CCCCCC(CC(=O)NC(CO)C(O)CCCCCCCCCCCC)OC(=O)CCCCCCCCC/C=C/C=C/C=C/CC. The number of hydrogen-bond acceptors (Lipinski definition) is 5. The monoisotopic (exact) mass is 794 g/mol. The van der Waals surface area contributed by atoms with Crippen LogP contribution in [0.15, 0.2) is 85.1 Å². The van der Waals surface area contributed by atoms with Gasteiger partial charge in [0.05, 0.1) is 25.2 Å². The van der Waals surface area contributed by atoms with E-state index in [1.807, 2.05) is 30.4 Å². The molecule has 57 heavy (non-hydrogen) atoms. The second-order valence-electron chi connectivity index (χ2n) is 15.5. The summed E-state index contributed by atoms with van der Waals surface area (Å²) in [5, 5.41) is 23.6. The molecule has 0 aromatic rings. The van der Waals surface area contributed by atoms with E-state index in [1.54, 1.807) is 0 Å². The van der Waals surface area contributed by atoms with Gasteiger partial charge in [0, 0.05) is 6.42 Å². The number of aliphatic hydroxyl groups is 2. The second kappa shape index (κ2) is 44.1. The van der Waals surface area contributed by atoms with Crippen molar-refractivity contribution in [3.63, 3.8) is 0 Å². The second-order valence-corrected chi connectivity index (χ2v) is 15.5. The number of esters is 1. The smallest absolute Gasteiger partial charge is 0.306 e. The van der Waals surface area contributed by atoms with Crippen LogP contribution in [0.25, 0.3) is 0 Å². The molecule has 3 atom stereocenters. The summed E-state index contributed by atoms with van der Waals surface area (Å²) in [5.74, 6) is -0.536. The van der Waals surface area contributed by atoms with Gasteiger partial charge >= 0.3 is 5.97 Å². The number of amides is 1. The molecule has 1 amide bonds. The fraction of sp³-hybridized carbons (Fsp3) is 0.686. The minimum atomic E-state index is -0.803. The first kappa shape index (κ1) is 54.0. The van der Waals surface area contributed by atoms with Gasteiger partial charge in [-0.1, -0.05) is 209 Å². The van der Waals surface area contributed by atoms with Crippen molar-refractivity contribution in [2.24, 2.45) is 0 Å². The van der Waals surface area contributed by atoms with Gasteiger partial charge in [0.25, 0.3) is 0 Å². The maximum atomic E-state index is 13.1. The van der Waals surface area contributed by atoms with E-state index in [0.29, 0.717) is 19.3 Å². The van der Waals surface area contributed by atoms with Crippen molar-refractivity contribution in [2.75, 3.05) is 6.61 Å². The molecule has 6 heteroatoms. The molecule has 0 saturated heterocycles. The molecule has 0 rings (SSSR count). The number of hydrogen-bond donors (Lipinski definition) is 3. The number of unbranched alkanes of at least 4 members (excludes halogenated alkanes) is 19. The Labute approximate surface area is 351 Å². The molecule has 326 valence electrons. The van der Waals surface area contributed by atoms with Crippen molar-refractivity contribution in [3.05, 3.63) is 85.1 Å². The molecule has 0 spiro atoms. The van der Waals surface area contributed by atoms with Crippen LogP contribution in [0.4, 0.5) is 0 Å². The van der Waals surface area contributed by atoms with E-state index in [-0.39, 0.29) is 24.9 Å². The Hall–Kier alpha value is -2.96. The first-order valence-corrected chi connectivity index (χ1v) is 23.4. The molecule has 0 aromatic carbocycles. The Morgan fingerprint density at radius 3 is 1.46 bits per heavy atom. The zero-order chi connectivity index (χ0) is 41.7. The number of allylic oxidation sites excluding steroid dienone is 14. The number of carbonyl (C=O) groups excluding carboxylic acids is 2. The summed E-state index contributed by atoms with van der Waals surface area (Å²) in [6, 6.07) is -0.719. The third-order valence-electron chi connectivity index (χ3n) is 10.1. The molecule has 3 N–H and O–H groups in total.